The van der Waals surface area contributed by atoms with Crippen molar-refractivity contribution >= 4 is 50.7 Å². The third-order valence-corrected chi connectivity index (χ3v) is 8.35. The SMILES string of the molecule is CCCCNC(=O)[C@@H](Cc1ccccc1)N(Cc1cccc(C)c1)C(=O)CN(c1cccc(Cl)c1Cl)S(C)(=O)=O. The molecule has 0 saturated heterocycles. The minimum absolute atomic E-state index is 0.0192. The number of aryl methyl sites for hydroxylation is 1. The molecule has 0 aromatic heterocycles. The van der Waals surface area contributed by atoms with Gasteiger partial charge in [0.15, 0.2) is 0 Å². The maximum Gasteiger partial charge on any atom is 0.244 e. The van der Waals surface area contributed by atoms with Crippen LogP contribution < -0.4 is 9.62 Å². The number of amides is 2. The van der Waals surface area contributed by atoms with E-state index in [0.29, 0.717) is 6.54 Å². The molecule has 1 N–H and O–H groups in total. The Kier molecular flexibility index (Phi) is 11.4. The number of rotatable bonds is 13. The second-order valence-electron chi connectivity index (χ2n) is 9.70. The first kappa shape index (κ1) is 31.5. The van der Waals surface area contributed by atoms with E-state index in [9.17, 15) is 18.0 Å². The number of nitrogens with zero attached hydrogens (tertiary/aromatic N) is 2. The van der Waals surface area contributed by atoms with E-state index in [0.717, 1.165) is 40.1 Å². The molecule has 0 aliphatic rings. The van der Waals surface area contributed by atoms with Crippen molar-refractivity contribution in [2.75, 3.05) is 23.7 Å². The summed E-state index contributed by atoms with van der Waals surface area (Å²) in [6.45, 7) is 4.00. The van der Waals surface area contributed by atoms with Crippen molar-refractivity contribution < 1.29 is 18.0 Å². The van der Waals surface area contributed by atoms with E-state index in [-0.39, 0.29) is 34.6 Å². The number of halogens is 2. The summed E-state index contributed by atoms with van der Waals surface area (Å²) in [6.07, 6.45) is 2.96. The van der Waals surface area contributed by atoms with E-state index >= 15 is 0 Å². The monoisotopic (exact) mass is 603 g/mol. The Bertz CT molecular complexity index is 1420. The fourth-order valence-electron chi connectivity index (χ4n) is 4.35. The molecular formula is C30H35Cl2N3O4S. The topological polar surface area (TPSA) is 86.8 Å². The largest absolute Gasteiger partial charge is 0.354 e. The second-order valence-corrected chi connectivity index (χ2v) is 12.4. The van der Waals surface area contributed by atoms with Gasteiger partial charge in [-0.3, -0.25) is 13.9 Å². The number of hydrogen-bond acceptors (Lipinski definition) is 4. The van der Waals surface area contributed by atoms with E-state index in [1.54, 1.807) is 6.07 Å². The van der Waals surface area contributed by atoms with Gasteiger partial charge in [0.2, 0.25) is 21.8 Å². The summed E-state index contributed by atoms with van der Waals surface area (Å²) < 4.78 is 26.7. The summed E-state index contributed by atoms with van der Waals surface area (Å²) in [7, 11) is -3.95. The van der Waals surface area contributed by atoms with Crippen LogP contribution in [0.3, 0.4) is 0 Å². The molecule has 2 amide bonds. The maximum atomic E-state index is 14.1. The zero-order valence-corrected chi connectivity index (χ0v) is 25.3. The van der Waals surface area contributed by atoms with Crippen molar-refractivity contribution in [3.05, 3.63) is 99.5 Å². The van der Waals surface area contributed by atoms with Crippen LogP contribution in [0.25, 0.3) is 0 Å². The highest BCUT2D eigenvalue weighted by atomic mass is 35.5. The zero-order chi connectivity index (χ0) is 29.3. The standard InChI is InChI=1S/C30H35Cl2N3O4S/c1-4-5-17-33-30(37)27(19-23-12-7-6-8-13-23)34(20-24-14-9-11-22(2)18-24)28(36)21-35(40(3,38)39)26-16-10-15-25(31)29(26)32/h6-16,18,27H,4-5,17,19-21H2,1-3H3,(H,33,37)/t27-/m1/s1. The highest BCUT2D eigenvalue weighted by Crippen LogP contribution is 2.34. The van der Waals surface area contributed by atoms with E-state index in [4.69, 9.17) is 23.2 Å². The average Bonchev–Trinajstić information content (AvgIpc) is 2.91. The van der Waals surface area contributed by atoms with Gasteiger partial charge in [-0.25, -0.2) is 8.42 Å². The highest BCUT2D eigenvalue weighted by molar-refractivity contribution is 7.92. The quantitative estimate of drug-likeness (QED) is 0.257. The molecule has 0 heterocycles. The Hall–Kier alpha value is -3.07. The summed E-state index contributed by atoms with van der Waals surface area (Å²) in [4.78, 5) is 29.1. The van der Waals surface area contributed by atoms with Gasteiger partial charge in [0.05, 0.1) is 22.0 Å². The molecular weight excluding hydrogens is 569 g/mol. The van der Waals surface area contributed by atoms with Crippen molar-refractivity contribution in [1.29, 1.82) is 0 Å². The molecule has 0 bridgehead atoms. The van der Waals surface area contributed by atoms with E-state index in [1.165, 1.54) is 17.0 Å². The van der Waals surface area contributed by atoms with Gasteiger partial charge in [-0.1, -0.05) is 103 Å². The van der Waals surface area contributed by atoms with Gasteiger partial charge in [-0.15, -0.1) is 0 Å². The minimum atomic E-state index is -3.95. The van der Waals surface area contributed by atoms with Gasteiger partial charge in [0.25, 0.3) is 0 Å². The third kappa shape index (κ3) is 8.71. The molecule has 1 atom stereocenters. The molecule has 0 saturated carbocycles. The van der Waals surface area contributed by atoms with Crippen LogP contribution in [0.2, 0.25) is 10.0 Å². The Morgan fingerprint density at radius 2 is 1.62 bits per heavy atom. The number of anilines is 1. The second kappa shape index (κ2) is 14.5. The molecule has 0 radical (unpaired) electrons. The van der Waals surface area contributed by atoms with Gasteiger partial charge >= 0.3 is 0 Å². The predicted octanol–water partition coefficient (Wildman–Crippen LogP) is 5.62. The van der Waals surface area contributed by atoms with Crippen LogP contribution in [-0.4, -0.2) is 50.5 Å². The van der Waals surface area contributed by atoms with Crippen molar-refractivity contribution in [3.63, 3.8) is 0 Å². The van der Waals surface area contributed by atoms with E-state index in [1.807, 2.05) is 68.4 Å². The molecule has 10 heteroatoms. The van der Waals surface area contributed by atoms with Gasteiger partial charge in [-0.05, 0) is 36.6 Å². The molecule has 40 heavy (non-hydrogen) atoms. The van der Waals surface area contributed by atoms with Crippen molar-refractivity contribution in [2.24, 2.45) is 0 Å². The Morgan fingerprint density at radius 1 is 0.950 bits per heavy atom. The lowest BCUT2D eigenvalue weighted by molar-refractivity contribution is -0.140. The lowest BCUT2D eigenvalue weighted by atomic mass is 10.0. The molecule has 0 aliphatic carbocycles. The van der Waals surface area contributed by atoms with Gasteiger partial charge < -0.3 is 10.2 Å². The van der Waals surface area contributed by atoms with Crippen molar-refractivity contribution in [1.82, 2.24) is 10.2 Å². The van der Waals surface area contributed by atoms with Gasteiger partial charge in [0, 0.05) is 19.5 Å². The van der Waals surface area contributed by atoms with Crippen LogP contribution in [0.1, 0.15) is 36.5 Å². The summed E-state index contributed by atoms with van der Waals surface area (Å²) in [5.74, 6) is -0.848. The van der Waals surface area contributed by atoms with Crippen LogP contribution in [0.4, 0.5) is 5.69 Å². The summed E-state index contributed by atoms with van der Waals surface area (Å²) in [5, 5.41) is 3.15. The first-order valence-electron chi connectivity index (χ1n) is 13.1. The number of benzene rings is 3. The number of unbranched alkanes of at least 4 members (excludes halogenated alkanes) is 1. The van der Waals surface area contributed by atoms with Crippen LogP contribution in [-0.2, 0) is 32.6 Å². The molecule has 0 spiro atoms. The Balaban J connectivity index is 2.06. The van der Waals surface area contributed by atoms with Crippen LogP contribution in [0.5, 0.6) is 0 Å². The van der Waals surface area contributed by atoms with Gasteiger partial charge in [-0.2, -0.15) is 0 Å². The lowest BCUT2D eigenvalue weighted by Gasteiger charge is -2.33. The van der Waals surface area contributed by atoms with Gasteiger partial charge in [0.1, 0.15) is 12.6 Å². The molecule has 3 rings (SSSR count). The Morgan fingerprint density at radius 3 is 2.27 bits per heavy atom. The number of hydrogen-bond donors (Lipinski definition) is 1. The molecule has 0 fully saturated rings. The van der Waals surface area contributed by atoms with Crippen LogP contribution >= 0.6 is 23.2 Å². The molecule has 0 aliphatic heterocycles. The normalized spacial score (nSPS) is 12.0. The molecule has 214 valence electrons. The number of sulfonamides is 1. The first-order valence-corrected chi connectivity index (χ1v) is 15.7. The minimum Gasteiger partial charge on any atom is -0.354 e. The fraction of sp³-hybridized carbons (Fsp3) is 0.333. The van der Waals surface area contributed by atoms with Crippen molar-refractivity contribution in [3.8, 4) is 0 Å². The average molecular weight is 605 g/mol. The zero-order valence-electron chi connectivity index (χ0n) is 22.9. The number of carbonyl (C=O) groups excluding carboxylic acids is 2. The predicted molar refractivity (Wildman–Crippen MR) is 162 cm³/mol. The van der Waals surface area contributed by atoms with Crippen LogP contribution in [0, 0.1) is 6.92 Å². The maximum absolute atomic E-state index is 14.1. The number of nitrogens with one attached hydrogen (secondary N) is 1. The molecule has 0 unspecified atom stereocenters. The van der Waals surface area contributed by atoms with E-state index < -0.39 is 28.5 Å². The summed E-state index contributed by atoms with van der Waals surface area (Å²) in [5.41, 5.74) is 2.78. The highest BCUT2D eigenvalue weighted by Gasteiger charge is 2.33. The molecule has 7 nitrogen and oxygen atoms in total. The van der Waals surface area contributed by atoms with Crippen LogP contribution in [0.15, 0.2) is 72.8 Å². The summed E-state index contributed by atoms with van der Waals surface area (Å²) >= 11 is 12.5. The van der Waals surface area contributed by atoms with E-state index in [2.05, 4.69) is 5.32 Å². The molecule has 3 aromatic carbocycles. The lowest BCUT2D eigenvalue weighted by Crippen LogP contribution is -2.53. The van der Waals surface area contributed by atoms with Crippen molar-refractivity contribution in [2.45, 2.75) is 45.7 Å². The number of carbonyl (C=O) groups is 2. The first-order chi connectivity index (χ1) is 19.0. The molecule has 3 aromatic rings. The smallest absolute Gasteiger partial charge is 0.244 e. The third-order valence-electron chi connectivity index (χ3n) is 6.42. The Labute approximate surface area is 247 Å². The fourth-order valence-corrected chi connectivity index (χ4v) is 5.65. The summed E-state index contributed by atoms with van der Waals surface area (Å²) in [6, 6.07) is 20.8.